The van der Waals surface area contributed by atoms with Crippen LogP contribution in [0, 0.1) is 5.41 Å². The van der Waals surface area contributed by atoms with Gasteiger partial charge in [-0.05, 0) is 81.3 Å². The summed E-state index contributed by atoms with van der Waals surface area (Å²) in [5, 5.41) is 19.2. The Balaban J connectivity index is 1.21. The van der Waals surface area contributed by atoms with Gasteiger partial charge in [-0.1, -0.05) is 127 Å². The number of benzene rings is 6. The van der Waals surface area contributed by atoms with E-state index in [0.29, 0.717) is 0 Å². The molecule has 0 radical (unpaired) electrons. The number of hydrogen-bond donors (Lipinski definition) is 4. The van der Waals surface area contributed by atoms with Crippen molar-refractivity contribution in [3.05, 3.63) is 196 Å². The first-order valence-corrected chi connectivity index (χ1v) is 16.9. The Morgan fingerprint density at radius 3 is 1.80 bits per heavy atom. The van der Waals surface area contributed by atoms with E-state index in [1.807, 2.05) is 13.0 Å². The standard InChI is InChI=1S/C44H36N4O/c1-28(24-25-45)30-14-11-15-31(26-30)42-46-41(29-12-3-2-4-13-29)47-43(48-42)32-22-23-34-33-16-5-6-17-35(33)44(38(34)27-32)36-18-7-9-20-39(36)49-40-21-10-8-19-37(40)44/h2-27,41-43,45-48H,1H3/b28-24+,45-25?. The van der Waals surface area contributed by atoms with Crippen molar-refractivity contribution in [3.8, 4) is 22.6 Å². The molecule has 0 bridgehead atoms. The first-order chi connectivity index (χ1) is 24.1. The van der Waals surface area contributed by atoms with Crippen molar-refractivity contribution in [1.82, 2.24) is 16.0 Å². The van der Waals surface area contributed by atoms with Crippen molar-refractivity contribution >= 4 is 11.8 Å². The monoisotopic (exact) mass is 636 g/mol. The topological polar surface area (TPSA) is 69.2 Å². The molecule has 6 aromatic carbocycles. The minimum Gasteiger partial charge on any atom is -0.457 e. The third-order valence-electron chi connectivity index (χ3n) is 10.3. The zero-order chi connectivity index (χ0) is 33.0. The van der Waals surface area contributed by atoms with Gasteiger partial charge in [0.1, 0.15) is 11.5 Å². The Kier molecular flexibility index (Phi) is 7.13. The lowest BCUT2D eigenvalue weighted by Gasteiger charge is -2.41. The number of ether oxygens (including phenoxy) is 1. The molecule has 2 heterocycles. The molecule has 1 saturated heterocycles. The lowest BCUT2D eigenvalue weighted by molar-refractivity contribution is 0.203. The predicted octanol–water partition coefficient (Wildman–Crippen LogP) is 9.39. The van der Waals surface area contributed by atoms with Gasteiger partial charge < -0.3 is 10.1 Å². The van der Waals surface area contributed by atoms with Crippen molar-refractivity contribution in [1.29, 1.82) is 5.41 Å². The zero-order valence-electron chi connectivity index (χ0n) is 27.2. The quantitative estimate of drug-likeness (QED) is 0.142. The maximum Gasteiger partial charge on any atom is 0.132 e. The molecule has 1 spiro atoms. The molecule has 9 rings (SSSR count). The van der Waals surface area contributed by atoms with Crippen molar-refractivity contribution in [2.75, 3.05) is 0 Å². The minimum atomic E-state index is -0.522. The summed E-state index contributed by atoms with van der Waals surface area (Å²) in [6.07, 6.45) is 2.80. The van der Waals surface area contributed by atoms with E-state index >= 15 is 0 Å². The first kappa shape index (κ1) is 29.5. The molecule has 1 fully saturated rings. The summed E-state index contributed by atoms with van der Waals surface area (Å²) >= 11 is 0. The van der Waals surface area contributed by atoms with Crippen LogP contribution >= 0.6 is 0 Å². The van der Waals surface area contributed by atoms with Gasteiger partial charge in [-0.25, -0.2) is 0 Å². The maximum atomic E-state index is 7.58. The molecular formula is C44H36N4O. The van der Waals surface area contributed by atoms with Gasteiger partial charge in [0, 0.05) is 17.3 Å². The van der Waals surface area contributed by atoms with Gasteiger partial charge in [0.05, 0.1) is 23.9 Å². The number of fused-ring (bicyclic) bond motifs is 9. The van der Waals surface area contributed by atoms with Crippen LogP contribution in [0.5, 0.6) is 11.5 Å². The summed E-state index contributed by atoms with van der Waals surface area (Å²) in [7, 11) is 0. The van der Waals surface area contributed by atoms with Gasteiger partial charge in [0.15, 0.2) is 0 Å². The molecule has 3 unspecified atom stereocenters. The van der Waals surface area contributed by atoms with Crippen molar-refractivity contribution in [2.45, 2.75) is 30.8 Å². The Morgan fingerprint density at radius 2 is 1.10 bits per heavy atom. The molecular weight excluding hydrogens is 601 g/mol. The Hall–Kier alpha value is -5.59. The third kappa shape index (κ3) is 4.70. The third-order valence-corrected chi connectivity index (χ3v) is 10.3. The highest BCUT2D eigenvalue weighted by Gasteiger charge is 2.51. The van der Waals surface area contributed by atoms with Gasteiger partial charge in [0.2, 0.25) is 0 Å². The van der Waals surface area contributed by atoms with E-state index in [0.717, 1.165) is 44.9 Å². The molecule has 0 amide bonds. The van der Waals surface area contributed by atoms with E-state index in [2.05, 4.69) is 162 Å². The molecule has 5 heteroatoms. The number of rotatable bonds is 5. The van der Waals surface area contributed by atoms with Crippen LogP contribution in [-0.4, -0.2) is 6.21 Å². The van der Waals surface area contributed by atoms with Gasteiger partial charge in [-0.15, -0.1) is 0 Å². The molecule has 5 nitrogen and oxygen atoms in total. The van der Waals surface area contributed by atoms with Crippen molar-refractivity contribution in [2.24, 2.45) is 0 Å². The molecule has 238 valence electrons. The number of hydrogen-bond acceptors (Lipinski definition) is 5. The second-order valence-corrected chi connectivity index (χ2v) is 13.0. The highest BCUT2D eigenvalue weighted by Crippen LogP contribution is 2.62. The highest BCUT2D eigenvalue weighted by atomic mass is 16.5. The van der Waals surface area contributed by atoms with Crippen LogP contribution in [-0.2, 0) is 5.41 Å². The van der Waals surface area contributed by atoms with Gasteiger partial charge in [0.25, 0.3) is 0 Å². The largest absolute Gasteiger partial charge is 0.457 e. The molecule has 3 aliphatic rings. The van der Waals surface area contributed by atoms with Crippen LogP contribution in [0.1, 0.15) is 69.9 Å². The Morgan fingerprint density at radius 1 is 0.551 bits per heavy atom. The van der Waals surface area contributed by atoms with E-state index in [1.54, 1.807) is 0 Å². The molecule has 4 N–H and O–H groups in total. The molecule has 6 aromatic rings. The summed E-state index contributed by atoms with van der Waals surface area (Å²) in [4.78, 5) is 0. The van der Waals surface area contributed by atoms with Crippen LogP contribution in [0.2, 0.25) is 0 Å². The number of allylic oxidation sites excluding steroid dienone is 2. The van der Waals surface area contributed by atoms with Crippen LogP contribution in [0.15, 0.2) is 152 Å². The molecule has 3 atom stereocenters. The lowest BCUT2D eigenvalue weighted by Crippen LogP contribution is -2.54. The summed E-state index contributed by atoms with van der Waals surface area (Å²) < 4.78 is 6.56. The van der Waals surface area contributed by atoms with Crippen LogP contribution in [0.3, 0.4) is 0 Å². The highest BCUT2D eigenvalue weighted by molar-refractivity contribution is 5.88. The average molecular weight is 637 g/mol. The van der Waals surface area contributed by atoms with Gasteiger partial charge in [-0.2, -0.15) is 0 Å². The molecule has 0 saturated carbocycles. The van der Waals surface area contributed by atoms with Crippen molar-refractivity contribution in [3.63, 3.8) is 0 Å². The number of nitrogens with one attached hydrogen (secondary N) is 4. The van der Waals surface area contributed by atoms with Crippen LogP contribution in [0.25, 0.3) is 16.7 Å². The summed E-state index contributed by atoms with van der Waals surface area (Å²) in [6.45, 7) is 2.05. The summed E-state index contributed by atoms with van der Waals surface area (Å²) in [5.41, 5.74) is 12.5. The van der Waals surface area contributed by atoms with E-state index in [-0.39, 0.29) is 18.5 Å². The van der Waals surface area contributed by atoms with Gasteiger partial charge in [-0.3, -0.25) is 16.0 Å². The van der Waals surface area contributed by atoms with Crippen molar-refractivity contribution < 1.29 is 4.74 Å². The fourth-order valence-corrected chi connectivity index (χ4v) is 8.10. The molecule has 0 aromatic heterocycles. The molecule has 2 aliphatic heterocycles. The predicted molar refractivity (Wildman–Crippen MR) is 197 cm³/mol. The lowest BCUT2D eigenvalue weighted by atomic mass is 9.66. The number of para-hydroxylation sites is 2. The normalized spacial score (nSPS) is 20.0. The Bertz CT molecular complexity index is 2210. The molecule has 1 aliphatic carbocycles. The minimum absolute atomic E-state index is 0.0942. The molecule has 49 heavy (non-hydrogen) atoms. The second kappa shape index (κ2) is 11.8. The average Bonchev–Trinajstić information content (AvgIpc) is 3.45. The van der Waals surface area contributed by atoms with E-state index in [1.165, 1.54) is 34.0 Å². The van der Waals surface area contributed by atoms with Crippen LogP contribution < -0.4 is 20.7 Å². The van der Waals surface area contributed by atoms with Crippen LogP contribution in [0.4, 0.5) is 0 Å². The Labute approximate surface area is 286 Å². The van der Waals surface area contributed by atoms with E-state index in [9.17, 15) is 0 Å². The SMILES string of the molecule is C/C(=C\C=N)c1cccc(C2NC(c3ccccc3)NC(c3ccc4c(c3)C3(c5ccccc5Oc5ccccc53)c3ccccc3-4)N2)c1. The summed E-state index contributed by atoms with van der Waals surface area (Å²) in [5.74, 6) is 1.78. The summed E-state index contributed by atoms with van der Waals surface area (Å²) in [6, 6.07) is 52.0. The van der Waals surface area contributed by atoms with E-state index in [4.69, 9.17) is 10.1 Å². The maximum absolute atomic E-state index is 7.58. The zero-order valence-corrected chi connectivity index (χ0v) is 27.2. The van der Waals surface area contributed by atoms with E-state index < -0.39 is 5.41 Å². The fraction of sp³-hybridized carbons (Fsp3) is 0.114. The fourth-order valence-electron chi connectivity index (χ4n) is 8.10. The van der Waals surface area contributed by atoms with Gasteiger partial charge >= 0.3 is 0 Å². The second-order valence-electron chi connectivity index (χ2n) is 13.0. The first-order valence-electron chi connectivity index (χ1n) is 16.9. The smallest absolute Gasteiger partial charge is 0.132 e.